The van der Waals surface area contributed by atoms with Crippen LogP contribution in [0, 0.1) is 17.3 Å². The molecular weight excluding hydrogens is 214 g/mol. The number of nitrogens with zero attached hydrogens (tertiary/aromatic N) is 2. The second kappa shape index (κ2) is 3.44. The van der Waals surface area contributed by atoms with E-state index in [0.29, 0.717) is 9.46 Å². The smallest absolute Gasteiger partial charge is 0.328 e. The van der Waals surface area contributed by atoms with Crippen LogP contribution in [0.4, 0.5) is 0 Å². The molecule has 0 spiro atoms. The third-order valence-electron chi connectivity index (χ3n) is 2.50. The summed E-state index contributed by atoms with van der Waals surface area (Å²) >= 11 is 0. The molecule has 0 aliphatic rings. The van der Waals surface area contributed by atoms with Crippen molar-refractivity contribution in [2.24, 2.45) is 0 Å². The first-order chi connectivity index (χ1) is 7.54. The van der Waals surface area contributed by atoms with Gasteiger partial charge in [0.2, 0.25) is 5.78 Å². The molecule has 0 saturated carbocycles. The Morgan fingerprint density at radius 2 is 1.62 bits per heavy atom. The van der Waals surface area contributed by atoms with Gasteiger partial charge in [0.15, 0.2) is 0 Å². The van der Waals surface area contributed by atoms with Gasteiger partial charge in [-0.15, -0.1) is 0 Å². The fourth-order valence-corrected chi connectivity index (χ4v) is 1.75. The van der Waals surface area contributed by atoms with E-state index in [4.69, 9.17) is 0 Å². The van der Waals surface area contributed by atoms with Gasteiger partial charge in [-0.25, -0.2) is 0 Å². The van der Waals surface area contributed by atoms with E-state index < -0.39 is 5.78 Å². The number of benzene rings is 1. The van der Waals surface area contributed by atoms with Crippen molar-refractivity contribution < 1.29 is 14.3 Å². The molecule has 5 heteroatoms. The van der Waals surface area contributed by atoms with Gasteiger partial charge in [0, 0.05) is 26.0 Å². The van der Waals surface area contributed by atoms with Gasteiger partial charge >= 0.3 is 5.69 Å². The molecular formula is C11H10N2O3. The Bertz CT molecular complexity index is 593. The molecule has 82 valence electrons. The molecule has 0 bridgehead atoms. The zero-order chi connectivity index (χ0) is 11.9. The Hall–Kier alpha value is -2.17. The molecule has 0 aliphatic carbocycles. The summed E-state index contributed by atoms with van der Waals surface area (Å²) in [5.41, 5.74) is 0.489. The molecule has 2 rings (SSSR count). The van der Waals surface area contributed by atoms with Crippen LogP contribution in [0.15, 0.2) is 24.3 Å². The van der Waals surface area contributed by atoms with Gasteiger partial charge in [-0.2, -0.15) is 9.46 Å². The maximum absolute atomic E-state index is 11.9. The van der Waals surface area contributed by atoms with Crippen molar-refractivity contribution in [2.45, 2.75) is 13.8 Å². The van der Waals surface area contributed by atoms with Gasteiger partial charge in [0.05, 0.1) is 0 Å². The fourth-order valence-electron chi connectivity index (χ4n) is 1.75. The molecule has 0 atom stereocenters. The number of hydrogen-bond donors (Lipinski definition) is 0. The molecule has 16 heavy (non-hydrogen) atoms. The highest BCUT2D eigenvalue weighted by Gasteiger charge is 2.27. The van der Waals surface area contributed by atoms with Crippen LogP contribution in [0.5, 0.6) is 0 Å². The fraction of sp³-hybridized carbons (Fsp3) is 0.182. The highest BCUT2D eigenvalue weighted by Crippen LogP contribution is 2.08. The second-order valence-corrected chi connectivity index (χ2v) is 3.57. The topological polar surface area (TPSA) is 71.0 Å². The van der Waals surface area contributed by atoms with Gasteiger partial charge in [-0.3, -0.25) is 4.79 Å². The Morgan fingerprint density at radius 1 is 1.12 bits per heavy atom. The number of rotatable bonds is 1. The molecule has 0 N–H and O–H groups in total. The van der Waals surface area contributed by atoms with Crippen LogP contribution in [-0.4, -0.2) is 5.78 Å². The number of Topliss-reactive ketones (excluding diaryl/α,β-unsaturated/α-hetero) is 1. The van der Waals surface area contributed by atoms with E-state index in [1.54, 1.807) is 18.2 Å². The molecule has 0 saturated heterocycles. The van der Waals surface area contributed by atoms with E-state index in [1.165, 1.54) is 19.9 Å². The lowest BCUT2D eigenvalue weighted by atomic mass is 10.2. The first kappa shape index (κ1) is 10.4. The van der Waals surface area contributed by atoms with Gasteiger partial charge in [-0.05, 0) is 0 Å². The van der Waals surface area contributed by atoms with Crippen LogP contribution >= 0.6 is 0 Å². The Labute approximate surface area is 91.7 Å². The molecule has 0 amide bonds. The third kappa shape index (κ3) is 1.29. The normalized spacial score (nSPS) is 10.6. The summed E-state index contributed by atoms with van der Waals surface area (Å²) in [6.07, 6.45) is 0. The zero-order valence-corrected chi connectivity index (χ0v) is 8.93. The lowest BCUT2D eigenvalue weighted by Gasteiger charge is -2.08. The number of fused-ring (bicyclic) bond motifs is 1. The van der Waals surface area contributed by atoms with Crippen molar-refractivity contribution in [1.82, 2.24) is 0 Å². The Balaban J connectivity index is 3.00. The lowest BCUT2D eigenvalue weighted by molar-refractivity contribution is -0.635. The van der Waals surface area contributed by atoms with E-state index in [0.717, 1.165) is 0 Å². The van der Waals surface area contributed by atoms with Crippen LogP contribution in [0.1, 0.15) is 23.1 Å². The van der Waals surface area contributed by atoms with Crippen molar-refractivity contribution in [1.29, 1.82) is 0 Å². The SMILES string of the molecule is CC(=O)c1c(C)[n+]([O-])[13c]2[13cH][13cH][13cH][13cH][13c]2[n+]1[O-]. The summed E-state index contributed by atoms with van der Waals surface area (Å²) in [5, 5.41) is 23.7. The van der Waals surface area contributed by atoms with Crippen LogP contribution in [0.25, 0.3) is 11.0 Å². The average Bonchev–Trinajstić information content (AvgIpc) is 2.26. The molecule has 0 fully saturated rings. The minimum atomic E-state index is -0.414. The maximum atomic E-state index is 11.9. The summed E-state index contributed by atoms with van der Waals surface area (Å²) in [7, 11) is 0. The number of para-hydroxylation sites is 2. The summed E-state index contributed by atoms with van der Waals surface area (Å²) < 4.78 is 1.13. The number of ketones is 1. The van der Waals surface area contributed by atoms with Crippen molar-refractivity contribution in [3.8, 4) is 0 Å². The lowest BCUT2D eigenvalue weighted by Crippen LogP contribution is -2.46. The average molecular weight is 224 g/mol. The largest absolute Gasteiger partial charge is 0.618 e. The molecule has 0 radical (unpaired) electrons. The van der Waals surface area contributed by atoms with E-state index >= 15 is 0 Å². The van der Waals surface area contributed by atoms with Crippen LogP contribution in [0.3, 0.4) is 0 Å². The van der Waals surface area contributed by atoms with E-state index in [9.17, 15) is 15.2 Å². The first-order valence-corrected chi connectivity index (χ1v) is 4.79. The van der Waals surface area contributed by atoms with Gasteiger partial charge in [0.1, 0.15) is 0 Å². The van der Waals surface area contributed by atoms with Crippen LogP contribution < -0.4 is 9.46 Å². The minimum absolute atomic E-state index is 0.103. The Kier molecular flexibility index (Phi) is 2.23. The molecule has 0 unspecified atom stereocenters. The molecule has 1 aromatic heterocycles. The molecule has 1 heterocycles. The van der Waals surface area contributed by atoms with Crippen molar-refractivity contribution >= 4 is 16.8 Å². The number of carbonyl (C=O) groups is 1. The molecule has 0 aliphatic heterocycles. The standard InChI is InChI=1S/C11H10N2O3/c1-7-11(8(2)14)13(16)10-6-4-3-5-9(10)12(7)15/h3-6H,1-2H3/i3+1,4+1,5+1,6+1,9+1,10+1. The third-order valence-corrected chi connectivity index (χ3v) is 2.50. The molecule has 1 aromatic carbocycles. The summed E-state index contributed by atoms with van der Waals surface area (Å²) in [6.45, 7) is 2.73. The van der Waals surface area contributed by atoms with E-state index in [2.05, 4.69) is 0 Å². The van der Waals surface area contributed by atoms with E-state index in [1.807, 2.05) is 0 Å². The quantitative estimate of drug-likeness (QED) is 0.405. The monoisotopic (exact) mass is 224 g/mol. The van der Waals surface area contributed by atoms with Gasteiger partial charge in [-0.1, -0.05) is 12.1 Å². The number of hydrogen-bond acceptors (Lipinski definition) is 3. The van der Waals surface area contributed by atoms with Gasteiger partial charge in [0.25, 0.3) is 16.7 Å². The first-order valence-electron chi connectivity index (χ1n) is 4.79. The predicted octanol–water partition coefficient (Wildman–Crippen LogP) is 0.618. The van der Waals surface area contributed by atoms with Crippen molar-refractivity contribution in [3.05, 3.63) is 46.1 Å². The summed E-state index contributed by atoms with van der Waals surface area (Å²) in [4.78, 5) is 11.3. The number of aromatic nitrogens is 2. The number of carbonyl (C=O) groups excluding carboxylic acids is 1. The summed E-state index contributed by atoms with van der Waals surface area (Å²) in [6, 6.07) is 6.38. The zero-order valence-electron chi connectivity index (χ0n) is 8.93. The highest BCUT2D eigenvalue weighted by molar-refractivity contribution is 5.92. The minimum Gasteiger partial charge on any atom is -0.618 e. The van der Waals surface area contributed by atoms with Crippen LogP contribution in [0.2, 0.25) is 0 Å². The molecule has 2 aromatic rings. The molecule has 5 nitrogen and oxygen atoms in total. The summed E-state index contributed by atoms with van der Waals surface area (Å²) in [5.74, 6) is -0.414. The maximum Gasteiger partial charge on any atom is 0.328 e. The predicted molar refractivity (Wildman–Crippen MR) is 56.6 cm³/mol. The van der Waals surface area contributed by atoms with Crippen molar-refractivity contribution in [2.75, 3.05) is 0 Å². The second-order valence-electron chi connectivity index (χ2n) is 3.57. The van der Waals surface area contributed by atoms with Gasteiger partial charge < -0.3 is 10.4 Å². The van der Waals surface area contributed by atoms with Crippen LogP contribution in [-0.2, 0) is 0 Å². The van der Waals surface area contributed by atoms with Crippen molar-refractivity contribution in [3.63, 3.8) is 0 Å². The Morgan fingerprint density at radius 3 is 2.12 bits per heavy atom. The highest BCUT2D eigenvalue weighted by atomic mass is 16.5. The van der Waals surface area contributed by atoms with E-state index in [-0.39, 0.29) is 22.4 Å².